The van der Waals surface area contributed by atoms with Gasteiger partial charge in [0, 0.05) is 18.4 Å². The maximum atomic E-state index is 14.2. The molecule has 1 aromatic carbocycles. The number of primary amides is 1. The van der Waals surface area contributed by atoms with E-state index in [0.29, 0.717) is 24.0 Å². The van der Waals surface area contributed by atoms with Gasteiger partial charge in [-0.1, -0.05) is 0 Å². The highest BCUT2D eigenvalue weighted by atomic mass is 19.1. The number of hydrogen-bond donors (Lipinski definition) is 1. The van der Waals surface area contributed by atoms with Gasteiger partial charge in [0.25, 0.3) is 5.91 Å². The van der Waals surface area contributed by atoms with Crippen LogP contribution in [0.5, 0.6) is 0 Å². The Balaban J connectivity index is 2.12. The van der Waals surface area contributed by atoms with Crippen LogP contribution in [0.4, 0.5) is 4.39 Å². The summed E-state index contributed by atoms with van der Waals surface area (Å²) in [7, 11) is 0. The molecular formula is C15H13FN2O3. The number of aldehydes is 1. The van der Waals surface area contributed by atoms with Gasteiger partial charge in [-0.05, 0) is 36.1 Å². The number of nitrogens with two attached hydrogens (primary N) is 1. The summed E-state index contributed by atoms with van der Waals surface area (Å²) >= 11 is 0. The Morgan fingerprint density at radius 1 is 1.48 bits per heavy atom. The average Bonchev–Trinajstić information content (AvgIpc) is 3.01. The molecule has 1 aromatic heterocycles. The maximum absolute atomic E-state index is 14.2. The van der Waals surface area contributed by atoms with Crippen molar-refractivity contribution in [3.05, 3.63) is 40.7 Å². The second-order valence-electron chi connectivity index (χ2n) is 5.18. The fraction of sp³-hybridized carbons (Fsp3) is 0.267. The van der Waals surface area contributed by atoms with E-state index in [1.165, 1.54) is 6.07 Å². The van der Waals surface area contributed by atoms with Crippen molar-refractivity contribution in [2.75, 3.05) is 0 Å². The van der Waals surface area contributed by atoms with Crippen LogP contribution in [0.15, 0.2) is 16.5 Å². The maximum Gasteiger partial charge on any atom is 0.286 e. The first kappa shape index (κ1) is 13.5. The largest absolute Gasteiger partial charge is 0.435 e. The van der Waals surface area contributed by atoms with Crippen LogP contribution in [0.1, 0.15) is 27.6 Å². The summed E-state index contributed by atoms with van der Waals surface area (Å²) in [6.07, 6.45) is 1.74. The molecule has 1 unspecified atom stereocenters. The first-order chi connectivity index (χ1) is 9.99. The van der Waals surface area contributed by atoms with Gasteiger partial charge >= 0.3 is 0 Å². The van der Waals surface area contributed by atoms with Gasteiger partial charge in [-0.25, -0.2) is 9.37 Å². The Bertz CT molecular complexity index is 752. The Kier molecular flexibility index (Phi) is 3.08. The van der Waals surface area contributed by atoms with Gasteiger partial charge in [-0.15, -0.1) is 0 Å². The fourth-order valence-electron chi connectivity index (χ4n) is 2.74. The van der Waals surface area contributed by atoms with E-state index < -0.39 is 11.7 Å². The minimum absolute atomic E-state index is 0.0863. The highest BCUT2D eigenvalue weighted by molar-refractivity contribution is 5.96. The second-order valence-corrected chi connectivity index (χ2v) is 5.18. The molecule has 1 heterocycles. The van der Waals surface area contributed by atoms with E-state index in [-0.39, 0.29) is 23.3 Å². The molecule has 2 aromatic rings. The zero-order chi connectivity index (χ0) is 15.1. The zero-order valence-corrected chi connectivity index (χ0v) is 11.4. The Hall–Kier alpha value is -2.50. The Morgan fingerprint density at radius 3 is 2.90 bits per heavy atom. The molecule has 0 saturated carbocycles. The lowest BCUT2D eigenvalue weighted by Gasteiger charge is -2.05. The van der Waals surface area contributed by atoms with Gasteiger partial charge in [-0.3, -0.25) is 4.79 Å². The number of halogens is 1. The number of hydrogen-bond acceptors (Lipinski definition) is 4. The molecule has 1 atom stereocenters. The third-order valence-corrected chi connectivity index (χ3v) is 3.66. The number of aromatic nitrogens is 1. The molecular weight excluding hydrogens is 275 g/mol. The standard InChI is InChI=1S/C15H13FN2O3/c1-7-18-13(14(21-7)15(17)20)10-4-9-2-8(6-19)3-11(9)12(16)5-10/h4-6,8H,2-3H2,1H3,(H2,17,20). The second kappa shape index (κ2) is 4.80. The number of carbonyl (C=O) groups excluding carboxylic acids is 2. The highest BCUT2D eigenvalue weighted by Crippen LogP contribution is 2.33. The molecule has 0 radical (unpaired) electrons. The lowest BCUT2D eigenvalue weighted by molar-refractivity contribution is -0.110. The minimum Gasteiger partial charge on any atom is -0.435 e. The smallest absolute Gasteiger partial charge is 0.286 e. The molecule has 0 saturated heterocycles. The predicted molar refractivity (Wildman–Crippen MR) is 72.1 cm³/mol. The number of rotatable bonds is 3. The monoisotopic (exact) mass is 288 g/mol. The van der Waals surface area contributed by atoms with E-state index >= 15 is 0 Å². The summed E-state index contributed by atoms with van der Waals surface area (Å²) in [4.78, 5) is 26.4. The molecule has 5 nitrogen and oxygen atoms in total. The number of fused-ring (bicyclic) bond motifs is 1. The minimum atomic E-state index is -0.753. The molecule has 21 heavy (non-hydrogen) atoms. The summed E-state index contributed by atoms with van der Waals surface area (Å²) in [6.45, 7) is 1.59. The van der Waals surface area contributed by atoms with Crippen molar-refractivity contribution in [3.63, 3.8) is 0 Å². The van der Waals surface area contributed by atoms with Gasteiger partial charge in [0.15, 0.2) is 5.89 Å². The molecule has 1 amide bonds. The van der Waals surface area contributed by atoms with Crippen molar-refractivity contribution in [1.29, 1.82) is 0 Å². The average molecular weight is 288 g/mol. The van der Waals surface area contributed by atoms with Crippen molar-refractivity contribution in [3.8, 4) is 11.3 Å². The third kappa shape index (κ3) is 2.22. The zero-order valence-electron chi connectivity index (χ0n) is 11.4. The summed E-state index contributed by atoms with van der Waals surface area (Å²) in [5.74, 6) is -1.15. The third-order valence-electron chi connectivity index (χ3n) is 3.66. The lowest BCUT2D eigenvalue weighted by atomic mass is 10.0. The number of amides is 1. The van der Waals surface area contributed by atoms with Crippen LogP contribution in [0.25, 0.3) is 11.3 Å². The van der Waals surface area contributed by atoms with E-state index in [1.807, 2.05) is 0 Å². The topological polar surface area (TPSA) is 86.2 Å². The van der Waals surface area contributed by atoms with Crippen molar-refractivity contribution < 1.29 is 18.4 Å². The predicted octanol–water partition coefficient (Wildman–Crippen LogP) is 1.80. The van der Waals surface area contributed by atoms with Gasteiger partial charge in [-0.2, -0.15) is 0 Å². The summed E-state index contributed by atoms with van der Waals surface area (Å²) in [5.41, 5.74) is 7.23. The number of oxazole rings is 1. The first-order valence-corrected chi connectivity index (χ1v) is 6.53. The molecule has 0 fully saturated rings. The van der Waals surface area contributed by atoms with E-state index in [9.17, 15) is 14.0 Å². The van der Waals surface area contributed by atoms with Crippen LogP contribution in [-0.2, 0) is 17.6 Å². The van der Waals surface area contributed by atoms with Crippen LogP contribution in [0.3, 0.4) is 0 Å². The normalized spacial score (nSPS) is 16.8. The molecule has 1 aliphatic rings. The van der Waals surface area contributed by atoms with Gasteiger partial charge < -0.3 is 14.9 Å². The molecule has 1 aliphatic carbocycles. The van der Waals surface area contributed by atoms with Gasteiger partial charge in [0.05, 0.1) is 0 Å². The number of aryl methyl sites for hydroxylation is 1. The van der Waals surface area contributed by atoms with Gasteiger partial charge in [0.2, 0.25) is 5.76 Å². The Labute approximate surface area is 120 Å². The van der Waals surface area contributed by atoms with Crippen LogP contribution in [0, 0.1) is 18.7 Å². The summed E-state index contributed by atoms with van der Waals surface area (Å²) in [6, 6.07) is 3.04. The number of carbonyl (C=O) groups is 2. The highest BCUT2D eigenvalue weighted by Gasteiger charge is 2.26. The first-order valence-electron chi connectivity index (χ1n) is 6.53. The van der Waals surface area contributed by atoms with E-state index in [2.05, 4.69) is 4.98 Å². The number of nitrogens with zero attached hydrogens (tertiary/aromatic N) is 1. The lowest BCUT2D eigenvalue weighted by Crippen LogP contribution is -2.11. The van der Waals surface area contributed by atoms with Crippen molar-refractivity contribution in [2.24, 2.45) is 11.7 Å². The SMILES string of the molecule is Cc1nc(-c2cc(F)c3c(c2)CC(C=O)C3)c(C(N)=O)o1. The van der Waals surface area contributed by atoms with Crippen LogP contribution < -0.4 is 5.73 Å². The van der Waals surface area contributed by atoms with Crippen LogP contribution in [0.2, 0.25) is 0 Å². The summed E-state index contributed by atoms with van der Waals surface area (Å²) < 4.78 is 19.4. The number of benzene rings is 1. The quantitative estimate of drug-likeness (QED) is 0.872. The Morgan fingerprint density at radius 2 is 2.24 bits per heavy atom. The van der Waals surface area contributed by atoms with E-state index in [4.69, 9.17) is 10.2 Å². The fourth-order valence-corrected chi connectivity index (χ4v) is 2.74. The summed E-state index contributed by atoms with van der Waals surface area (Å²) in [5, 5.41) is 0. The van der Waals surface area contributed by atoms with Gasteiger partial charge in [0.1, 0.15) is 17.8 Å². The molecule has 0 bridgehead atoms. The van der Waals surface area contributed by atoms with Crippen molar-refractivity contribution in [2.45, 2.75) is 19.8 Å². The van der Waals surface area contributed by atoms with E-state index in [1.54, 1.807) is 13.0 Å². The molecule has 3 rings (SSSR count). The van der Waals surface area contributed by atoms with Crippen molar-refractivity contribution >= 4 is 12.2 Å². The molecule has 0 spiro atoms. The van der Waals surface area contributed by atoms with Crippen molar-refractivity contribution in [1.82, 2.24) is 4.98 Å². The molecule has 108 valence electrons. The molecule has 6 heteroatoms. The molecule has 2 N–H and O–H groups in total. The molecule has 0 aliphatic heterocycles. The van der Waals surface area contributed by atoms with E-state index in [0.717, 1.165) is 11.8 Å². The van der Waals surface area contributed by atoms with Crippen LogP contribution in [-0.4, -0.2) is 17.2 Å². The van der Waals surface area contributed by atoms with Crippen LogP contribution >= 0.6 is 0 Å².